The molecule has 0 aliphatic rings. The zero-order valence-corrected chi connectivity index (χ0v) is 11.2. The average Bonchev–Trinajstić information content (AvgIpc) is 2.31. The number of benzene rings is 1. The molecule has 1 rings (SSSR count). The molecule has 2 nitrogen and oxygen atoms in total. The zero-order valence-electron chi connectivity index (χ0n) is 11.2. The van der Waals surface area contributed by atoms with E-state index < -0.39 is 11.6 Å². The Morgan fingerprint density at radius 2 is 1.78 bits per heavy atom. The van der Waals surface area contributed by atoms with Gasteiger partial charge in [0.2, 0.25) is 0 Å². The smallest absolute Gasteiger partial charge is 0.129 e. The predicted octanol–water partition coefficient (Wildman–Crippen LogP) is 2.91. The molecule has 0 saturated heterocycles. The maximum absolute atomic E-state index is 13.5. The fourth-order valence-electron chi connectivity index (χ4n) is 1.96. The van der Waals surface area contributed by atoms with Gasteiger partial charge in [0, 0.05) is 31.4 Å². The van der Waals surface area contributed by atoms with E-state index in [1.54, 1.807) is 7.11 Å². The molecule has 0 heterocycles. The molecule has 0 fully saturated rings. The van der Waals surface area contributed by atoms with E-state index in [1.165, 1.54) is 18.2 Å². The minimum Gasteiger partial charge on any atom is -0.385 e. The lowest BCUT2D eigenvalue weighted by molar-refractivity contribution is 0.183. The van der Waals surface area contributed by atoms with Gasteiger partial charge in [-0.3, -0.25) is 0 Å². The first kappa shape index (κ1) is 15.1. The van der Waals surface area contributed by atoms with E-state index >= 15 is 0 Å². The second-order valence-corrected chi connectivity index (χ2v) is 4.65. The molecule has 0 amide bonds. The standard InChI is InChI=1S/C14H21F2NO/c1-10(7-8-18-3)17-11(2)9-12-13(15)5-4-6-14(12)16/h4-6,10-11,17H,7-9H2,1-3H3. The Morgan fingerprint density at radius 1 is 1.17 bits per heavy atom. The van der Waals surface area contributed by atoms with Crippen molar-refractivity contribution in [1.29, 1.82) is 0 Å². The molecular weight excluding hydrogens is 236 g/mol. The van der Waals surface area contributed by atoms with Crippen LogP contribution in [0.5, 0.6) is 0 Å². The van der Waals surface area contributed by atoms with Gasteiger partial charge in [-0.05, 0) is 38.8 Å². The SMILES string of the molecule is COCCC(C)NC(C)Cc1c(F)cccc1F. The van der Waals surface area contributed by atoms with Gasteiger partial charge in [0.1, 0.15) is 11.6 Å². The minimum atomic E-state index is -0.479. The van der Waals surface area contributed by atoms with Crippen LogP contribution in [0.25, 0.3) is 0 Å². The summed E-state index contributed by atoms with van der Waals surface area (Å²) in [6.07, 6.45) is 1.22. The van der Waals surface area contributed by atoms with Crippen LogP contribution in [0.15, 0.2) is 18.2 Å². The van der Waals surface area contributed by atoms with E-state index in [4.69, 9.17) is 4.74 Å². The molecule has 1 aromatic rings. The fraction of sp³-hybridized carbons (Fsp3) is 0.571. The van der Waals surface area contributed by atoms with Gasteiger partial charge in [0.05, 0.1) is 0 Å². The number of hydrogen-bond donors (Lipinski definition) is 1. The third kappa shape index (κ3) is 4.70. The van der Waals surface area contributed by atoms with Crippen molar-refractivity contribution in [3.63, 3.8) is 0 Å². The second-order valence-electron chi connectivity index (χ2n) is 4.65. The molecule has 102 valence electrons. The normalized spacial score (nSPS) is 14.5. The van der Waals surface area contributed by atoms with Crippen LogP contribution in [0.1, 0.15) is 25.8 Å². The van der Waals surface area contributed by atoms with Gasteiger partial charge in [0.25, 0.3) is 0 Å². The molecule has 18 heavy (non-hydrogen) atoms. The summed E-state index contributed by atoms with van der Waals surface area (Å²) < 4.78 is 31.9. The number of methoxy groups -OCH3 is 1. The van der Waals surface area contributed by atoms with Crippen LogP contribution in [-0.4, -0.2) is 25.8 Å². The molecule has 0 aliphatic carbocycles. The number of ether oxygens (including phenoxy) is 1. The van der Waals surface area contributed by atoms with Crippen LogP contribution in [0.2, 0.25) is 0 Å². The number of halogens is 2. The van der Waals surface area contributed by atoms with E-state index in [9.17, 15) is 8.78 Å². The van der Waals surface area contributed by atoms with Gasteiger partial charge in [0.15, 0.2) is 0 Å². The summed E-state index contributed by atoms with van der Waals surface area (Å²) in [6, 6.07) is 4.24. The first-order valence-electron chi connectivity index (χ1n) is 6.22. The summed E-state index contributed by atoms with van der Waals surface area (Å²) in [5, 5.41) is 3.30. The van der Waals surface area contributed by atoms with Crippen LogP contribution in [0, 0.1) is 11.6 Å². The Kier molecular flexibility index (Phi) is 6.22. The van der Waals surface area contributed by atoms with Crippen LogP contribution in [0.3, 0.4) is 0 Å². The Bertz CT molecular complexity index is 351. The highest BCUT2D eigenvalue weighted by Crippen LogP contribution is 2.14. The maximum Gasteiger partial charge on any atom is 0.129 e. The maximum atomic E-state index is 13.5. The van der Waals surface area contributed by atoms with Gasteiger partial charge >= 0.3 is 0 Å². The Hall–Kier alpha value is -1.00. The molecule has 0 spiro atoms. The van der Waals surface area contributed by atoms with Crippen molar-refractivity contribution in [2.75, 3.05) is 13.7 Å². The highest BCUT2D eigenvalue weighted by molar-refractivity contribution is 5.20. The topological polar surface area (TPSA) is 21.3 Å². The quantitative estimate of drug-likeness (QED) is 0.811. The molecule has 0 aliphatic heterocycles. The van der Waals surface area contributed by atoms with Gasteiger partial charge in [-0.15, -0.1) is 0 Å². The highest BCUT2D eigenvalue weighted by Gasteiger charge is 2.13. The van der Waals surface area contributed by atoms with E-state index in [-0.39, 0.29) is 17.6 Å². The molecule has 0 aromatic heterocycles. The molecule has 2 atom stereocenters. The second kappa shape index (κ2) is 7.44. The molecule has 2 unspecified atom stereocenters. The largest absolute Gasteiger partial charge is 0.385 e. The fourth-order valence-corrected chi connectivity index (χ4v) is 1.96. The summed E-state index contributed by atoms with van der Waals surface area (Å²) >= 11 is 0. The first-order chi connectivity index (χ1) is 8.54. The molecule has 0 saturated carbocycles. The summed E-state index contributed by atoms with van der Waals surface area (Å²) in [4.78, 5) is 0. The van der Waals surface area contributed by atoms with Crippen molar-refractivity contribution in [3.05, 3.63) is 35.4 Å². The monoisotopic (exact) mass is 257 g/mol. The third-order valence-electron chi connectivity index (χ3n) is 2.90. The molecule has 0 bridgehead atoms. The Balaban J connectivity index is 2.51. The van der Waals surface area contributed by atoms with Crippen LogP contribution < -0.4 is 5.32 Å². The van der Waals surface area contributed by atoms with Gasteiger partial charge in [-0.25, -0.2) is 8.78 Å². The van der Waals surface area contributed by atoms with Crippen molar-refractivity contribution in [3.8, 4) is 0 Å². The molecule has 0 radical (unpaired) electrons. The summed E-state index contributed by atoms with van der Waals surface area (Å²) in [5.41, 5.74) is 0.149. The van der Waals surface area contributed by atoms with Crippen molar-refractivity contribution < 1.29 is 13.5 Å². The van der Waals surface area contributed by atoms with E-state index in [0.717, 1.165) is 6.42 Å². The van der Waals surface area contributed by atoms with Crippen molar-refractivity contribution in [2.24, 2.45) is 0 Å². The van der Waals surface area contributed by atoms with Gasteiger partial charge in [-0.2, -0.15) is 0 Å². The Labute approximate surface area is 107 Å². The minimum absolute atomic E-state index is 0.0169. The molecule has 4 heteroatoms. The summed E-state index contributed by atoms with van der Waals surface area (Å²) in [5.74, 6) is -0.957. The Morgan fingerprint density at radius 3 is 2.33 bits per heavy atom. The number of nitrogens with one attached hydrogen (secondary N) is 1. The van der Waals surface area contributed by atoms with E-state index in [1.807, 2.05) is 13.8 Å². The zero-order chi connectivity index (χ0) is 13.5. The lowest BCUT2D eigenvalue weighted by Crippen LogP contribution is -2.36. The van der Waals surface area contributed by atoms with Crippen LogP contribution >= 0.6 is 0 Å². The summed E-state index contributed by atoms with van der Waals surface area (Å²) in [6.45, 7) is 4.64. The lowest BCUT2D eigenvalue weighted by atomic mass is 10.0. The molecule has 1 aromatic carbocycles. The van der Waals surface area contributed by atoms with E-state index in [2.05, 4.69) is 5.32 Å². The predicted molar refractivity (Wildman–Crippen MR) is 68.6 cm³/mol. The van der Waals surface area contributed by atoms with Crippen molar-refractivity contribution in [1.82, 2.24) is 5.32 Å². The van der Waals surface area contributed by atoms with Crippen LogP contribution in [0.4, 0.5) is 8.78 Å². The van der Waals surface area contributed by atoms with Crippen molar-refractivity contribution >= 4 is 0 Å². The van der Waals surface area contributed by atoms with Crippen LogP contribution in [-0.2, 0) is 11.2 Å². The number of hydrogen-bond acceptors (Lipinski definition) is 2. The first-order valence-corrected chi connectivity index (χ1v) is 6.22. The molecule has 1 N–H and O–H groups in total. The lowest BCUT2D eigenvalue weighted by Gasteiger charge is -2.20. The van der Waals surface area contributed by atoms with Gasteiger partial charge < -0.3 is 10.1 Å². The van der Waals surface area contributed by atoms with Crippen molar-refractivity contribution in [2.45, 2.75) is 38.8 Å². The highest BCUT2D eigenvalue weighted by atomic mass is 19.1. The molecular formula is C14H21F2NO. The van der Waals surface area contributed by atoms with Gasteiger partial charge in [-0.1, -0.05) is 6.07 Å². The average molecular weight is 257 g/mol. The summed E-state index contributed by atoms with van der Waals surface area (Å²) in [7, 11) is 1.66. The third-order valence-corrected chi connectivity index (χ3v) is 2.90. The van der Waals surface area contributed by atoms with E-state index in [0.29, 0.717) is 13.0 Å². The number of rotatable bonds is 7.